The summed E-state index contributed by atoms with van der Waals surface area (Å²) in [7, 11) is 0. The molecule has 0 N–H and O–H groups in total. The van der Waals surface area contributed by atoms with E-state index in [4.69, 9.17) is 0 Å². The fraction of sp³-hybridized carbons (Fsp3) is 0.400. The average Bonchev–Trinajstić information content (AvgIpc) is 2.43. The second kappa shape index (κ2) is 5.09. The molecule has 0 nitrogen and oxygen atoms in total. The summed E-state index contributed by atoms with van der Waals surface area (Å²) in [5.74, 6) is 2.34. The maximum absolute atomic E-state index is 2.34. The van der Waals surface area contributed by atoms with Crippen LogP contribution < -0.4 is 0 Å². The molecule has 0 heterocycles. The molecule has 0 aromatic heterocycles. The van der Waals surface area contributed by atoms with Crippen LogP contribution in [0, 0.1) is 11.8 Å². The van der Waals surface area contributed by atoms with E-state index < -0.39 is 0 Å². The van der Waals surface area contributed by atoms with Crippen LogP contribution in [-0.2, 0) is 0 Å². The van der Waals surface area contributed by atoms with Gasteiger partial charge in [-0.2, -0.15) is 0 Å². The first-order valence-corrected chi connectivity index (χ1v) is 7.79. The molecule has 3 rings (SSSR count). The van der Waals surface area contributed by atoms with E-state index in [0.29, 0.717) is 23.7 Å². The Balaban J connectivity index is 2.28. The Hall–Kier alpha value is -1.56. The topological polar surface area (TPSA) is 0 Å². The predicted molar refractivity (Wildman–Crippen MR) is 86.2 cm³/mol. The Bertz CT molecular complexity index is 505. The molecule has 2 aromatic carbocycles. The van der Waals surface area contributed by atoms with Crippen molar-refractivity contribution < 1.29 is 0 Å². The molecule has 0 radical (unpaired) electrons. The summed E-state index contributed by atoms with van der Waals surface area (Å²) in [6.45, 7) is 9.36. The van der Waals surface area contributed by atoms with Crippen molar-refractivity contribution in [3.8, 4) is 0 Å². The van der Waals surface area contributed by atoms with Gasteiger partial charge in [-0.1, -0.05) is 76.2 Å². The van der Waals surface area contributed by atoms with Crippen molar-refractivity contribution in [3.05, 3.63) is 70.8 Å². The first-order valence-electron chi connectivity index (χ1n) is 7.79. The SMILES string of the molecule is CC(C)C1c2ccccc2C(C(C)C)c2ccccc21. The highest BCUT2D eigenvalue weighted by Gasteiger charge is 2.34. The van der Waals surface area contributed by atoms with Crippen molar-refractivity contribution in [2.45, 2.75) is 39.5 Å². The molecule has 0 atom stereocenters. The van der Waals surface area contributed by atoms with Crippen molar-refractivity contribution in [2.75, 3.05) is 0 Å². The lowest BCUT2D eigenvalue weighted by Crippen LogP contribution is -2.24. The van der Waals surface area contributed by atoms with Crippen LogP contribution in [0.5, 0.6) is 0 Å². The van der Waals surface area contributed by atoms with Crippen LogP contribution in [-0.4, -0.2) is 0 Å². The van der Waals surface area contributed by atoms with E-state index in [1.807, 2.05) is 0 Å². The summed E-state index contributed by atoms with van der Waals surface area (Å²) in [6.07, 6.45) is 0. The van der Waals surface area contributed by atoms with E-state index >= 15 is 0 Å². The number of benzene rings is 2. The monoisotopic (exact) mass is 264 g/mol. The number of hydrogen-bond acceptors (Lipinski definition) is 0. The van der Waals surface area contributed by atoms with Gasteiger partial charge in [-0.25, -0.2) is 0 Å². The maximum Gasteiger partial charge on any atom is 0.0118 e. The summed E-state index contributed by atoms with van der Waals surface area (Å²) in [4.78, 5) is 0. The second-order valence-electron chi connectivity index (χ2n) is 6.70. The zero-order valence-corrected chi connectivity index (χ0v) is 12.9. The Labute approximate surface area is 122 Å². The minimum Gasteiger partial charge on any atom is -0.0620 e. The Morgan fingerprint density at radius 1 is 0.550 bits per heavy atom. The minimum absolute atomic E-state index is 0.539. The molecule has 0 unspecified atom stereocenters. The Morgan fingerprint density at radius 2 is 0.800 bits per heavy atom. The molecule has 0 spiro atoms. The van der Waals surface area contributed by atoms with Crippen molar-refractivity contribution >= 4 is 0 Å². The van der Waals surface area contributed by atoms with E-state index in [0.717, 1.165) is 0 Å². The smallest absolute Gasteiger partial charge is 0.0118 e. The van der Waals surface area contributed by atoms with Gasteiger partial charge in [-0.05, 0) is 34.1 Å². The molecule has 0 heteroatoms. The van der Waals surface area contributed by atoms with Crippen LogP contribution in [0.25, 0.3) is 0 Å². The highest BCUT2D eigenvalue weighted by atomic mass is 14.4. The first kappa shape index (κ1) is 13.4. The summed E-state index contributed by atoms with van der Waals surface area (Å²) in [5, 5.41) is 0. The number of fused-ring (bicyclic) bond motifs is 2. The fourth-order valence-electron chi connectivity index (χ4n) is 3.93. The summed E-state index contributed by atoms with van der Waals surface area (Å²) < 4.78 is 0. The van der Waals surface area contributed by atoms with E-state index in [9.17, 15) is 0 Å². The summed E-state index contributed by atoms with van der Waals surface area (Å²) in [6, 6.07) is 18.1. The molecule has 1 aliphatic rings. The largest absolute Gasteiger partial charge is 0.0620 e. The van der Waals surface area contributed by atoms with Crippen LogP contribution in [0.2, 0.25) is 0 Å². The standard InChI is InChI=1S/C20H24/c1-13(2)19-15-9-5-7-11-17(15)20(14(3)4)18-12-8-6-10-16(18)19/h5-14,19-20H,1-4H3. The lowest BCUT2D eigenvalue weighted by molar-refractivity contribution is 0.494. The lowest BCUT2D eigenvalue weighted by Gasteiger charge is -2.38. The third-order valence-corrected chi connectivity index (χ3v) is 4.67. The van der Waals surface area contributed by atoms with Gasteiger partial charge in [0, 0.05) is 11.8 Å². The lowest BCUT2D eigenvalue weighted by atomic mass is 9.66. The van der Waals surface area contributed by atoms with Gasteiger partial charge in [-0.15, -0.1) is 0 Å². The Morgan fingerprint density at radius 3 is 1.00 bits per heavy atom. The molecule has 0 amide bonds. The van der Waals surface area contributed by atoms with Crippen LogP contribution >= 0.6 is 0 Å². The molecule has 0 saturated heterocycles. The molecule has 0 saturated carbocycles. The molecular formula is C20H24. The molecule has 0 fully saturated rings. The highest BCUT2D eigenvalue weighted by molar-refractivity contribution is 5.53. The number of hydrogen-bond donors (Lipinski definition) is 0. The zero-order valence-electron chi connectivity index (χ0n) is 12.9. The van der Waals surface area contributed by atoms with Gasteiger partial charge >= 0.3 is 0 Å². The van der Waals surface area contributed by atoms with Crippen molar-refractivity contribution in [1.82, 2.24) is 0 Å². The molecule has 1 aliphatic carbocycles. The van der Waals surface area contributed by atoms with E-state index in [-0.39, 0.29) is 0 Å². The van der Waals surface area contributed by atoms with Crippen LogP contribution in [0.1, 0.15) is 61.8 Å². The number of rotatable bonds is 2. The minimum atomic E-state index is 0.539. The third kappa shape index (κ3) is 1.98. The predicted octanol–water partition coefficient (Wildman–Crippen LogP) is 5.58. The van der Waals surface area contributed by atoms with E-state index in [1.54, 1.807) is 22.3 Å². The maximum atomic E-state index is 2.34. The molecule has 0 bridgehead atoms. The fourth-order valence-corrected chi connectivity index (χ4v) is 3.93. The molecule has 2 aromatic rings. The molecule has 0 aliphatic heterocycles. The van der Waals surface area contributed by atoms with Gasteiger partial charge in [0.2, 0.25) is 0 Å². The first-order chi connectivity index (χ1) is 9.61. The van der Waals surface area contributed by atoms with E-state index in [1.165, 1.54) is 0 Å². The van der Waals surface area contributed by atoms with E-state index in [2.05, 4.69) is 76.2 Å². The third-order valence-electron chi connectivity index (χ3n) is 4.67. The quantitative estimate of drug-likeness (QED) is 0.664. The van der Waals surface area contributed by atoms with Gasteiger partial charge in [0.15, 0.2) is 0 Å². The van der Waals surface area contributed by atoms with Gasteiger partial charge in [0.25, 0.3) is 0 Å². The van der Waals surface area contributed by atoms with Gasteiger partial charge in [0.05, 0.1) is 0 Å². The molecule has 104 valence electrons. The summed E-state index contributed by atoms with van der Waals surface area (Å²) in [5.41, 5.74) is 6.17. The second-order valence-corrected chi connectivity index (χ2v) is 6.70. The van der Waals surface area contributed by atoms with Crippen LogP contribution in [0.15, 0.2) is 48.5 Å². The Kier molecular flexibility index (Phi) is 3.41. The average molecular weight is 264 g/mol. The van der Waals surface area contributed by atoms with Crippen molar-refractivity contribution in [2.24, 2.45) is 11.8 Å². The van der Waals surface area contributed by atoms with Gasteiger partial charge in [0.1, 0.15) is 0 Å². The summed E-state index contributed by atoms with van der Waals surface area (Å²) >= 11 is 0. The van der Waals surface area contributed by atoms with Gasteiger partial charge < -0.3 is 0 Å². The highest BCUT2D eigenvalue weighted by Crippen LogP contribution is 2.48. The van der Waals surface area contributed by atoms with Crippen molar-refractivity contribution in [1.29, 1.82) is 0 Å². The molecule has 20 heavy (non-hydrogen) atoms. The molecular weight excluding hydrogens is 240 g/mol. The zero-order chi connectivity index (χ0) is 14.3. The van der Waals surface area contributed by atoms with Crippen molar-refractivity contribution in [3.63, 3.8) is 0 Å². The van der Waals surface area contributed by atoms with Crippen LogP contribution in [0.4, 0.5) is 0 Å². The normalized spacial score (nSPS) is 20.9. The van der Waals surface area contributed by atoms with Crippen LogP contribution in [0.3, 0.4) is 0 Å². The van der Waals surface area contributed by atoms with Gasteiger partial charge in [-0.3, -0.25) is 0 Å².